The van der Waals surface area contributed by atoms with Gasteiger partial charge in [0.25, 0.3) is 0 Å². The smallest absolute Gasteiger partial charge is 0.327 e. The minimum Gasteiger partial charge on any atom is -0.478 e. The van der Waals surface area contributed by atoms with Crippen molar-refractivity contribution in [2.45, 2.75) is 12.8 Å². The number of carboxylic acid groups (broad SMARTS) is 1. The number of carbonyl (C=O) groups is 1. The van der Waals surface area contributed by atoms with Crippen molar-refractivity contribution >= 4 is 5.97 Å². The molecule has 78 valence electrons. The maximum absolute atomic E-state index is 10.2. The molecule has 0 saturated heterocycles. The molecule has 1 aromatic rings. The van der Waals surface area contributed by atoms with Gasteiger partial charge in [-0.2, -0.15) is 0 Å². The summed E-state index contributed by atoms with van der Waals surface area (Å²) in [5, 5.41) is 8.40. The number of allylic oxidation sites excluding steroid dienone is 2. The third-order valence-corrected chi connectivity index (χ3v) is 1.96. The molecule has 0 spiro atoms. The summed E-state index contributed by atoms with van der Waals surface area (Å²) >= 11 is 0. The Hall–Kier alpha value is -1.83. The fourth-order valence-corrected chi connectivity index (χ4v) is 1.28. The van der Waals surface area contributed by atoms with Crippen LogP contribution in [0.15, 0.2) is 54.6 Å². The molecule has 0 amide bonds. The molecule has 2 nitrogen and oxygen atoms in total. The van der Waals surface area contributed by atoms with E-state index in [1.807, 2.05) is 30.3 Å². The Labute approximate surface area is 89.6 Å². The number of hydrogen-bond donors (Lipinski definition) is 1. The van der Waals surface area contributed by atoms with Crippen molar-refractivity contribution < 1.29 is 9.90 Å². The molecular weight excluding hydrogens is 188 g/mol. The molecule has 0 radical (unpaired) electrons. The van der Waals surface area contributed by atoms with E-state index in [2.05, 4.69) is 6.58 Å². The summed E-state index contributed by atoms with van der Waals surface area (Å²) in [6.07, 6.45) is 4.18. The van der Waals surface area contributed by atoms with Crippen LogP contribution < -0.4 is 0 Å². The molecule has 0 unspecified atom stereocenters. The van der Waals surface area contributed by atoms with Gasteiger partial charge in [-0.3, -0.25) is 0 Å². The van der Waals surface area contributed by atoms with E-state index in [4.69, 9.17) is 5.11 Å². The predicted octanol–water partition coefficient (Wildman–Crippen LogP) is 2.82. The summed E-state index contributed by atoms with van der Waals surface area (Å²) < 4.78 is 0. The van der Waals surface area contributed by atoms with E-state index in [0.717, 1.165) is 18.1 Å². The van der Waals surface area contributed by atoms with Crippen LogP contribution in [-0.2, 0) is 11.2 Å². The zero-order valence-electron chi connectivity index (χ0n) is 8.52. The Morgan fingerprint density at radius 3 is 2.60 bits per heavy atom. The normalized spacial score (nSPS) is 10.4. The summed E-state index contributed by atoms with van der Waals surface area (Å²) in [6.45, 7) is 3.90. The average molecular weight is 202 g/mol. The summed E-state index contributed by atoms with van der Waals surface area (Å²) in [7, 11) is 0. The minimum atomic E-state index is -0.914. The number of rotatable bonds is 5. The lowest BCUT2D eigenvalue weighted by atomic mass is 10.0. The first-order valence-corrected chi connectivity index (χ1v) is 4.78. The molecule has 0 heterocycles. The Morgan fingerprint density at radius 2 is 2.00 bits per heavy atom. The van der Waals surface area contributed by atoms with E-state index in [9.17, 15) is 4.79 Å². The van der Waals surface area contributed by atoms with Gasteiger partial charge in [0.15, 0.2) is 0 Å². The van der Waals surface area contributed by atoms with Crippen molar-refractivity contribution in [1.82, 2.24) is 0 Å². The van der Waals surface area contributed by atoms with Gasteiger partial charge >= 0.3 is 5.97 Å². The van der Waals surface area contributed by atoms with Crippen molar-refractivity contribution in [3.8, 4) is 0 Å². The van der Waals surface area contributed by atoms with Gasteiger partial charge < -0.3 is 5.11 Å². The SMILES string of the molecule is C=C(CC=CC(=O)O)Cc1ccccc1. The maximum Gasteiger partial charge on any atom is 0.327 e. The standard InChI is InChI=1S/C13H14O2/c1-11(6-5-9-13(14)15)10-12-7-3-2-4-8-12/h2-5,7-9H,1,6,10H2,(H,14,15). The number of carboxylic acids is 1. The van der Waals surface area contributed by atoms with Crippen LogP contribution >= 0.6 is 0 Å². The van der Waals surface area contributed by atoms with E-state index in [0.29, 0.717) is 6.42 Å². The number of hydrogen-bond acceptors (Lipinski definition) is 1. The molecule has 0 aliphatic carbocycles. The van der Waals surface area contributed by atoms with Crippen LogP contribution in [0.3, 0.4) is 0 Å². The van der Waals surface area contributed by atoms with Crippen LogP contribution in [-0.4, -0.2) is 11.1 Å². The first-order valence-electron chi connectivity index (χ1n) is 4.78. The third kappa shape index (κ3) is 4.81. The van der Waals surface area contributed by atoms with Crippen LogP contribution in [0.1, 0.15) is 12.0 Å². The Balaban J connectivity index is 2.40. The van der Waals surface area contributed by atoms with Gasteiger partial charge in [-0.1, -0.05) is 48.6 Å². The summed E-state index contributed by atoms with van der Waals surface area (Å²) in [6, 6.07) is 10.0. The molecule has 2 heteroatoms. The lowest BCUT2D eigenvalue weighted by Gasteiger charge is -2.01. The average Bonchev–Trinajstić information content (AvgIpc) is 2.18. The molecule has 0 aliphatic rings. The van der Waals surface area contributed by atoms with E-state index in [1.54, 1.807) is 6.08 Å². The number of benzene rings is 1. The fourth-order valence-electron chi connectivity index (χ4n) is 1.28. The second-order valence-electron chi connectivity index (χ2n) is 3.36. The highest BCUT2D eigenvalue weighted by atomic mass is 16.4. The van der Waals surface area contributed by atoms with Crippen LogP contribution in [0.2, 0.25) is 0 Å². The Morgan fingerprint density at radius 1 is 1.33 bits per heavy atom. The molecule has 0 aromatic heterocycles. The molecule has 1 aromatic carbocycles. The second-order valence-corrected chi connectivity index (χ2v) is 3.36. The highest BCUT2D eigenvalue weighted by Crippen LogP contribution is 2.09. The third-order valence-electron chi connectivity index (χ3n) is 1.96. The lowest BCUT2D eigenvalue weighted by molar-refractivity contribution is -0.131. The van der Waals surface area contributed by atoms with E-state index in [1.165, 1.54) is 5.56 Å². The highest BCUT2D eigenvalue weighted by molar-refractivity contribution is 5.79. The maximum atomic E-state index is 10.2. The molecule has 0 atom stereocenters. The van der Waals surface area contributed by atoms with E-state index >= 15 is 0 Å². The van der Waals surface area contributed by atoms with Gasteiger partial charge in [-0.15, -0.1) is 0 Å². The van der Waals surface area contributed by atoms with Gasteiger partial charge in [0.05, 0.1) is 0 Å². The second kappa shape index (κ2) is 5.81. The molecule has 0 saturated carbocycles. The molecular formula is C13H14O2. The zero-order chi connectivity index (χ0) is 11.1. The van der Waals surface area contributed by atoms with Crippen molar-refractivity contribution in [3.63, 3.8) is 0 Å². The van der Waals surface area contributed by atoms with Gasteiger partial charge in [0, 0.05) is 6.08 Å². The van der Waals surface area contributed by atoms with Crippen molar-refractivity contribution in [1.29, 1.82) is 0 Å². The van der Waals surface area contributed by atoms with Crippen molar-refractivity contribution in [3.05, 3.63) is 60.2 Å². The summed E-state index contributed by atoms with van der Waals surface area (Å²) in [5.41, 5.74) is 2.21. The van der Waals surface area contributed by atoms with Gasteiger partial charge in [0.1, 0.15) is 0 Å². The van der Waals surface area contributed by atoms with Crippen molar-refractivity contribution in [2.24, 2.45) is 0 Å². The van der Waals surface area contributed by atoms with Crippen LogP contribution in [0.25, 0.3) is 0 Å². The fraction of sp³-hybridized carbons (Fsp3) is 0.154. The Kier molecular flexibility index (Phi) is 4.35. The monoisotopic (exact) mass is 202 g/mol. The quantitative estimate of drug-likeness (QED) is 0.589. The molecule has 15 heavy (non-hydrogen) atoms. The number of aliphatic carboxylic acids is 1. The molecule has 1 N–H and O–H groups in total. The van der Waals surface area contributed by atoms with Crippen LogP contribution in [0.4, 0.5) is 0 Å². The summed E-state index contributed by atoms with van der Waals surface area (Å²) in [4.78, 5) is 10.2. The Bertz CT molecular complexity index is 363. The highest BCUT2D eigenvalue weighted by Gasteiger charge is 1.95. The molecule has 1 rings (SSSR count). The first kappa shape index (κ1) is 11.2. The van der Waals surface area contributed by atoms with Crippen LogP contribution in [0.5, 0.6) is 0 Å². The largest absolute Gasteiger partial charge is 0.478 e. The topological polar surface area (TPSA) is 37.3 Å². The predicted molar refractivity (Wildman–Crippen MR) is 60.7 cm³/mol. The van der Waals surface area contributed by atoms with Gasteiger partial charge in [-0.25, -0.2) is 4.79 Å². The van der Waals surface area contributed by atoms with E-state index < -0.39 is 5.97 Å². The molecule has 0 fully saturated rings. The molecule has 0 bridgehead atoms. The lowest BCUT2D eigenvalue weighted by Crippen LogP contribution is -1.89. The minimum absolute atomic E-state index is 0.612. The first-order chi connectivity index (χ1) is 7.18. The van der Waals surface area contributed by atoms with Crippen molar-refractivity contribution in [2.75, 3.05) is 0 Å². The van der Waals surface area contributed by atoms with Gasteiger partial charge in [0.2, 0.25) is 0 Å². The van der Waals surface area contributed by atoms with Gasteiger partial charge in [-0.05, 0) is 18.4 Å². The summed E-state index contributed by atoms with van der Waals surface area (Å²) in [5.74, 6) is -0.914. The van der Waals surface area contributed by atoms with E-state index in [-0.39, 0.29) is 0 Å². The van der Waals surface area contributed by atoms with Crippen LogP contribution in [0, 0.1) is 0 Å². The zero-order valence-corrected chi connectivity index (χ0v) is 8.52. The molecule has 0 aliphatic heterocycles.